The van der Waals surface area contributed by atoms with Gasteiger partial charge in [0.1, 0.15) is 0 Å². The highest BCUT2D eigenvalue weighted by Gasteiger charge is 2.27. The summed E-state index contributed by atoms with van der Waals surface area (Å²) >= 11 is 1.67. The molecule has 0 saturated heterocycles. The molecule has 16 heavy (non-hydrogen) atoms. The first kappa shape index (κ1) is 13.5. The SMILES string of the molecule is Cl.NC1CCC(C(=O)NCc2cccs2)C1. The van der Waals surface area contributed by atoms with Gasteiger partial charge in [-0.3, -0.25) is 4.79 Å². The second kappa shape index (κ2) is 6.23. The second-order valence-corrected chi connectivity index (χ2v) is 5.10. The zero-order valence-corrected chi connectivity index (χ0v) is 10.7. The van der Waals surface area contributed by atoms with Crippen molar-refractivity contribution in [2.75, 3.05) is 0 Å². The summed E-state index contributed by atoms with van der Waals surface area (Å²) in [5.41, 5.74) is 5.78. The van der Waals surface area contributed by atoms with Crippen LogP contribution >= 0.6 is 23.7 Å². The van der Waals surface area contributed by atoms with E-state index >= 15 is 0 Å². The fraction of sp³-hybridized carbons (Fsp3) is 0.545. The average Bonchev–Trinajstić information content (AvgIpc) is 2.84. The molecule has 0 bridgehead atoms. The quantitative estimate of drug-likeness (QED) is 0.872. The van der Waals surface area contributed by atoms with Crippen LogP contribution in [-0.2, 0) is 11.3 Å². The maximum absolute atomic E-state index is 11.7. The molecule has 1 fully saturated rings. The van der Waals surface area contributed by atoms with Gasteiger partial charge < -0.3 is 11.1 Å². The second-order valence-electron chi connectivity index (χ2n) is 4.07. The number of nitrogens with one attached hydrogen (secondary N) is 1. The molecule has 0 spiro atoms. The zero-order valence-electron chi connectivity index (χ0n) is 9.02. The standard InChI is InChI=1S/C11H16N2OS.ClH/c12-9-4-3-8(6-9)11(14)13-7-10-2-1-5-15-10;/h1-2,5,8-9H,3-4,6-7,12H2,(H,13,14);1H. The molecular weight excluding hydrogens is 244 g/mol. The third-order valence-corrected chi connectivity index (χ3v) is 3.74. The Morgan fingerprint density at radius 3 is 2.94 bits per heavy atom. The number of hydrogen-bond donors (Lipinski definition) is 2. The number of carbonyl (C=O) groups is 1. The molecule has 0 radical (unpaired) electrons. The summed E-state index contributed by atoms with van der Waals surface area (Å²) in [4.78, 5) is 12.9. The van der Waals surface area contributed by atoms with Crippen LogP contribution in [0, 0.1) is 5.92 Å². The van der Waals surface area contributed by atoms with Gasteiger partial charge in [0.2, 0.25) is 5.91 Å². The van der Waals surface area contributed by atoms with Crippen LogP contribution in [0.4, 0.5) is 0 Å². The van der Waals surface area contributed by atoms with Gasteiger partial charge in [0, 0.05) is 16.8 Å². The van der Waals surface area contributed by atoms with Gasteiger partial charge >= 0.3 is 0 Å². The summed E-state index contributed by atoms with van der Waals surface area (Å²) in [7, 11) is 0. The van der Waals surface area contributed by atoms with Crippen molar-refractivity contribution in [2.45, 2.75) is 31.8 Å². The van der Waals surface area contributed by atoms with Crippen molar-refractivity contribution in [2.24, 2.45) is 11.7 Å². The molecule has 1 heterocycles. The van der Waals surface area contributed by atoms with Gasteiger partial charge in [0.15, 0.2) is 0 Å². The highest BCUT2D eigenvalue weighted by Crippen LogP contribution is 2.24. The molecule has 2 rings (SSSR count). The van der Waals surface area contributed by atoms with Gasteiger partial charge in [-0.2, -0.15) is 0 Å². The number of rotatable bonds is 3. The third-order valence-electron chi connectivity index (χ3n) is 2.86. The van der Waals surface area contributed by atoms with Crippen molar-refractivity contribution in [1.29, 1.82) is 0 Å². The highest BCUT2D eigenvalue weighted by molar-refractivity contribution is 7.09. The minimum Gasteiger partial charge on any atom is -0.351 e. The van der Waals surface area contributed by atoms with E-state index in [1.165, 1.54) is 4.88 Å². The predicted octanol–water partition coefficient (Wildman–Crippen LogP) is 1.91. The summed E-state index contributed by atoms with van der Waals surface area (Å²) in [6.45, 7) is 0.655. The summed E-state index contributed by atoms with van der Waals surface area (Å²) in [5.74, 6) is 0.302. The number of thiophene rings is 1. The van der Waals surface area contributed by atoms with Crippen LogP contribution in [0.2, 0.25) is 0 Å². The Morgan fingerprint density at radius 2 is 2.38 bits per heavy atom. The van der Waals surface area contributed by atoms with E-state index in [4.69, 9.17) is 5.73 Å². The summed E-state index contributed by atoms with van der Waals surface area (Å²) in [6.07, 6.45) is 2.77. The van der Waals surface area contributed by atoms with Crippen LogP contribution in [0.5, 0.6) is 0 Å². The Balaban J connectivity index is 0.00000128. The molecule has 1 aromatic heterocycles. The first-order valence-corrected chi connectivity index (χ1v) is 6.19. The van der Waals surface area contributed by atoms with Gasteiger partial charge in [-0.15, -0.1) is 23.7 Å². The first-order valence-electron chi connectivity index (χ1n) is 5.31. The summed E-state index contributed by atoms with van der Waals surface area (Å²) in [6, 6.07) is 4.26. The van der Waals surface area contributed by atoms with Crippen LogP contribution in [0.25, 0.3) is 0 Å². The van der Waals surface area contributed by atoms with Gasteiger partial charge in [-0.1, -0.05) is 6.07 Å². The van der Waals surface area contributed by atoms with Crippen LogP contribution in [0.15, 0.2) is 17.5 Å². The molecule has 1 aliphatic carbocycles. The smallest absolute Gasteiger partial charge is 0.223 e. The van der Waals surface area contributed by atoms with Crippen LogP contribution in [0.1, 0.15) is 24.1 Å². The minimum absolute atomic E-state index is 0. The van der Waals surface area contributed by atoms with E-state index in [1.54, 1.807) is 11.3 Å². The lowest BCUT2D eigenvalue weighted by atomic mass is 10.1. The molecule has 1 aromatic rings. The minimum atomic E-state index is 0. The van der Waals surface area contributed by atoms with Crippen molar-refractivity contribution < 1.29 is 4.79 Å². The van der Waals surface area contributed by atoms with Crippen LogP contribution in [0.3, 0.4) is 0 Å². The van der Waals surface area contributed by atoms with Gasteiger partial charge in [-0.05, 0) is 30.7 Å². The van der Waals surface area contributed by atoms with E-state index in [9.17, 15) is 4.79 Å². The molecular formula is C11H17ClN2OS. The monoisotopic (exact) mass is 260 g/mol. The van der Waals surface area contributed by atoms with E-state index < -0.39 is 0 Å². The number of nitrogens with two attached hydrogens (primary N) is 1. The first-order chi connectivity index (χ1) is 7.25. The molecule has 1 amide bonds. The normalized spacial score (nSPS) is 23.8. The lowest BCUT2D eigenvalue weighted by Crippen LogP contribution is -2.29. The Kier molecular flexibility index (Phi) is 5.25. The van der Waals surface area contributed by atoms with Gasteiger partial charge in [-0.25, -0.2) is 0 Å². The Morgan fingerprint density at radius 1 is 1.56 bits per heavy atom. The molecule has 3 nitrogen and oxygen atoms in total. The molecule has 0 aliphatic heterocycles. The van der Waals surface area contributed by atoms with Crippen LogP contribution in [-0.4, -0.2) is 11.9 Å². The number of hydrogen-bond acceptors (Lipinski definition) is 3. The summed E-state index contributed by atoms with van der Waals surface area (Å²) in [5, 5.41) is 4.98. The maximum Gasteiger partial charge on any atom is 0.223 e. The largest absolute Gasteiger partial charge is 0.351 e. The molecule has 0 aromatic carbocycles. The summed E-state index contributed by atoms with van der Waals surface area (Å²) < 4.78 is 0. The topological polar surface area (TPSA) is 55.1 Å². The molecule has 2 atom stereocenters. The van der Waals surface area contributed by atoms with E-state index in [0.717, 1.165) is 19.3 Å². The van der Waals surface area contributed by atoms with E-state index in [-0.39, 0.29) is 30.3 Å². The number of amides is 1. The highest BCUT2D eigenvalue weighted by atomic mass is 35.5. The van der Waals surface area contributed by atoms with Crippen LogP contribution < -0.4 is 11.1 Å². The van der Waals surface area contributed by atoms with Gasteiger partial charge in [0.05, 0.1) is 6.54 Å². The van der Waals surface area contributed by atoms with Crippen molar-refractivity contribution in [3.05, 3.63) is 22.4 Å². The van der Waals surface area contributed by atoms with E-state index in [0.29, 0.717) is 6.54 Å². The van der Waals surface area contributed by atoms with Crippen molar-refractivity contribution >= 4 is 29.7 Å². The Hall–Kier alpha value is -0.580. The predicted molar refractivity (Wildman–Crippen MR) is 68.7 cm³/mol. The third kappa shape index (κ3) is 3.47. The molecule has 1 saturated carbocycles. The van der Waals surface area contributed by atoms with E-state index in [1.807, 2.05) is 17.5 Å². The van der Waals surface area contributed by atoms with Gasteiger partial charge in [0.25, 0.3) is 0 Å². The van der Waals surface area contributed by atoms with E-state index in [2.05, 4.69) is 5.32 Å². The molecule has 1 aliphatic rings. The average molecular weight is 261 g/mol. The number of halogens is 1. The molecule has 5 heteroatoms. The Labute approximate surface area is 106 Å². The fourth-order valence-electron chi connectivity index (χ4n) is 1.99. The zero-order chi connectivity index (χ0) is 10.7. The Bertz CT molecular complexity index is 329. The van der Waals surface area contributed by atoms with Crippen molar-refractivity contribution in [1.82, 2.24) is 5.32 Å². The lowest BCUT2D eigenvalue weighted by molar-refractivity contribution is -0.124. The lowest BCUT2D eigenvalue weighted by Gasteiger charge is -2.09. The van der Waals surface area contributed by atoms with Crippen molar-refractivity contribution in [3.8, 4) is 0 Å². The molecule has 90 valence electrons. The fourth-order valence-corrected chi connectivity index (χ4v) is 2.63. The van der Waals surface area contributed by atoms with Crippen molar-refractivity contribution in [3.63, 3.8) is 0 Å². The molecule has 2 unspecified atom stereocenters. The molecule has 3 N–H and O–H groups in total. The maximum atomic E-state index is 11.7. The number of carbonyl (C=O) groups excluding carboxylic acids is 1.